The van der Waals surface area contributed by atoms with Gasteiger partial charge in [-0.1, -0.05) is 0 Å². The Morgan fingerprint density at radius 3 is 2.80 bits per heavy atom. The average molecular weight is 277 g/mol. The Morgan fingerprint density at radius 2 is 2.15 bits per heavy atom. The summed E-state index contributed by atoms with van der Waals surface area (Å²) in [7, 11) is 0. The minimum absolute atomic E-state index is 0.0597. The van der Waals surface area contributed by atoms with Crippen LogP contribution in [0.1, 0.15) is 23.7 Å². The fourth-order valence-electron chi connectivity index (χ4n) is 2.16. The fourth-order valence-corrected chi connectivity index (χ4v) is 2.16. The van der Waals surface area contributed by atoms with Gasteiger partial charge in [-0.05, 0) is 19.1 Å². The highest BCUT2D eigenvalue weighted by atomic mass is 16.6. The summed E-state index contributed by atoms with van der Waals surface area (Å²) < 4.78 is 0. The van der Waals surface area contributed by atoms with Gasteiger partial charge in [-0.25, -0.2) is 0 Å². The molecular formula is C13H15N3O4. The number of carbonyl (C=O) groups is 2. The molecule has 1 aromatic rings. The topological polar surface area (TPSA) is 92.6 Å². The molecule has 1 aromatic carbocycles. The largest absolute Gasteiger partial charge is 0.364 e. The van der Waals surface area contributed by atoms with Crippen LogP contribution < -0.4 is 10.2 Å². The highest BCUT2D eigenvalue weighted by Gasteiger charge is 2.23. The van der Waals surface area contributed by atoms with Gasteiger partial charge in [0.1, 0.15) is 5.69 Å². The Kier molecular flexibility index (Phi) is 3.97. The number of amides is 1. The number of hydrogen-bond acceptors (Lipinski definition) is 5. The van der Waals surface area contributed by atoms with Gasteiger partial charge in [0.25, 0.3) is 5.69 Å². The molecule has 1 aliphatic rings. The van der Waals surface area contributed by atoms with E-state index in [1.807, 2.05) is 0 Å². The molecule has 0 saturated carbocycles. The highest BCUT2D eigenvalue weighted by molar-refractivity contribution is 5.95. The van der Waals surface area contributed by atoms with Crippen LogP contribution in [0, 0.1) is 10.1 Å². The van der Waals surface area contributed by atoms with E-state index in [1.54, 1.807) is 17.0 Å². The van der Waals surface area contributed by atoms with E-state index in [2.05, 4.69) is 5.32 Å². The normalized spacial score (nSPS) is 15.4. The molecule has 7 heteroatoms. The van der Waals surface area contributed by atoms with Crippen molar-refractivity contribution in [3.8, 4) is 0 Å². The minimum Gasteiger partial charge on any atom is -0.364 e. The van der Waals surface area contributed by atoms with Gasteiger partial charge in [0, 0.05) is 37.7 Å². The van der Waals surface area contributed by atoms with Gasteiger partial charge < -0.3 is 10.2 Å². The quantitative estimate of drug-likeness (QED) is 0.508. The first kappa shape index (κ1) is 14.0. The van der Waals surface area contributed by atoms with Crippen LogP contribution in [0.15, 0.2) is 18.2 Å². The number of nitro groups is 1. The molecule has 1 fully saturated rings. The van der Waals surface area contributed by atoms with Crippen molar-refractivity contribution in [1.29, 1.82) is 0 Å². The van der Waals surface area contributed by atoms with Crippen molar-refractivity contribution in [3.05, 3.63) is 33.9 Å². The predicted molar refractivity (Wildman–Crippen MR) is 72.9 cm³/mol. The van der Waals surface area contributed by atoms with Gasteiger partial charge in [-0.3, -0.25) is 19.7 Å². The van der Waals surface area contributed by atoms with E-state index in [0.29, 0.717) is 37.3 Å². The van der Waals surface area contributed by atoms with Crippen LogP contribution >= 0.6 is 0 Å². The molecule has 0 aliphatic carbocycles. The fraction of sp³-hybridized carbons (Fsp3) is 0.385. The van der Waals surface area contributed by atoms with Crippen molar-refractivity contribution in [2.24, 2.45) is 0 Å². The number of nitro benzene ring substituents is 1. The first-order valence-corrected chi connectivity index (χ1v) is 6.30. The third kappa shape index (κ3) is 2.93. The molecule has 0 unspecified atom stereocenters. The number of Topliss-reactive ketones (excluding diaryl/α,β-unsaturated/α-hetero) is 1. The van der Waals surface area contributed by atoms with Crippen molar-refractivity contribution in [2.75, 3.05) is 24.5 Å². The minimum atomic E-state index is -0.498. The van der Waals surface area contributed by atoms with Crippen LogP contribution in [0.3, 0.4) is 0 Å². The summed E-state index contributed by atoms with van der Waals surface area (Å²) in [5.41, 5.74) is 0.646. The van der Waals surface area contributed by atoms with Crippen molar-refractivity contribution in [3.63, 3.8) is 0 Å². The van der Waals surface area contributed by atoms with Gasteiger partial charge >= 0.3 is 0 Å². The Hall–Kier alpha value is -2.44. The monoisotopic (exact) mass is 277 g/mol. The predicted octanol–water partition coefficient (Wildman–Crippen LogP) is 1.12. The van der Waals surface area contributed by atoms with Crippen molar-refractivity contribution >= 4 is 23.1 Å². The molecule has 0 aromatic heterocycles. The number of hydrogen-bond donors (Lipinski definition) is 1. The zero-order valence-corrected chi connectivity index (χ0v) is 11.1. The van der Waals surface area contributed by atoms with Crippen LogP contribution in [0.2, 0.25) is 0 Å². The lowest BCUT2D eigenvalue weighted by Crippen LogP contribution is -2.28. The summed E-state index contributed by atoms with van der Waals surface area (Å²) in [5, 5.41) is 13.9. The molecule has 2 rings (SSSR count). The van der Waals surface area contributed by atoms with Gasteiger partial charge in [-0.15, -0.1) is 0 Å². The van der Waals surface area contributed by atoms with E-state index < -0.39 is 4.92 Å². The van der Waals surface area contributed by atoms with Gasteiger partial charge in [0.15, 0.2) is 5.78 Å². The molecule has 20 heavy (non-hydrogen) atoms. The lowest BCUT2D eigenvalue weighted by atomic mass is 10.1. The van der Waals surface area contributed by atoms with Gasteiger partial charge in [0.2, 0.25) is 5.91 Å². The number of nitrogens with zero attached hydrogens (tertiary/aromatic N) is 2. The average Bonchev–Trinajstić information content (AvgIpc) is 2.62. The molecule has 0 atom stereocenters. The summed E-state index contributed by atoms with van der Waals surface area (Å²) in [6.45, 7) is 2.75. The smallest absolute Gasteiger partial charge is 0.293 e. The van der Waals surface area contributed by atoms with E-state index in [1.165, 1.54) is 13.0 Å². The molecule has 0 bridgehead atoms. The maximum atomic E-state index is 11.3. The maximum Gasteiger partial charge on any atom is 0.293 e. The van der Waals surface area contributed by atoms with E-state index in [9.17, 15) is 19.7 Å². The standard InChI is InChI=1S/C13H15N3O4/c1-9(17)10-2-3-11(12(8-10)16(19)20)15-6-4-13(18)14-5-7-15/h2-3,8H,4-7H2,1H3,(H,14,18). The summed E-state index contributed by atoms with van der Waals surface area (Å²) in [5.74, 6) is -0.275. The lowest BCUT2D eigenvalue weighted by molar-refractivity contribution is -0.384. The van der Waals surface area contributed by atoms with Crippen molar-refractivity contribution in [2.45, 2.75) is 13.3 Å². The van der Waals surface area contributed by atoms with Crippen LogP contribution in [0.5, 0.6) is 0 Å². The second kappa shape index (κ2) is 5.68. The van der Waals surface area contributed by atoms with Crippen molar-refractivity contribution in [1.82, 2.24) is 5.32 Å². The maximum absolute atomic E-state index is 11.3. The van der Waals surface area contributed by atoms with Gasteiger partial charge in [-0.2, -0.15) is 0 Å². The first-order chi connectivity index (χ1) is 9.49. The Labute approximate surface area is 115 Å². The number of anilines is 1. The molecule has 106 valence electrons. The third-order valence-electron chi connectivity index (χ3n) is 3.23. The molecule has 7 nitrogen and oxygen atoms in total. The Bertz CT molecular complexity index is 571. The van der Waals surface area contributed by atoms with Crippen LogP contribution in [-0.2, 0) is 4.79 Å². The van der Waals surface area contributed by atoms with E-state index >= 15 is 0 Å². The first-order valence-electron chi connectivity index (χ1n) is 6.30. The van der Waals surface area contributed by atoms with E-state index in [-0.39, 0.29) is 17.4 Å². The summed E-state index contributed by atoms with van der Waals surface area (Å²) in [6.07, 6.45) is 0.297. The number of rotatable bonds is 3. The lowest BCUT2D eigenvalue weighted by Gasteiger charge is -2.21. The van der Waals surface area contributed by atoms with E-state index in [4.69, 9.17) is 0 Å². The molecule has 1 aliphatic heterocycles. The highest BCUT2D eigenvalue weighted by Crippen LogP contribution is 2.29. The summed E-state index contributed by atoms with van der Waals surface area (Å²) >= 11 is 0. The summed E-state index contributed by atoms with van der Waals surface area (Å²) in [4.78, 5) is 35.1. The van der Waals surface area contributed by atoms with Crippen LogP contribution in [-0.4, -0.2) is 36.2 Å². The molecule has 0 spiro atoms. The zero-order chi connectivity index (χ0) is 14.7. The molecule has 1 saturated heterocycles. The second-order valence-corrected chi connectivity index (χ2v) is 4.60. The number of benzene rings is 1. The van der Waals surface area contributed by atoms with Crippen molar-refractivity contribution < 1.29 is 14.5 Å². The number of nitrogens with one attached hydrogen (secondary N) is 1. The Balaban J connectivity index is 2.37. The van der Waals surface area contributed by atoms with Gasteiger partial charge in [0.05, 0.1) is 4.92 Å². The molecule has 1 N–H and O–H groups in total. The second-order valence-electron chi connectivity index (χ2n) is 4.60. The van der Waals surface area contributed by atoms with E-state index in [0.717, 1.165) is 0 Å². The van der Waals surface area contributed by atoms with Crippen LogP contribution in [0.25, 0.3) is 0 Å². The Morgan fingerprint density at radius 1 is 1.40 bits per heavy atom. The number of ketones is 1. The SMILES string of the molecule is CC(=O)c1ccc(N2CCNC(=O)CC2)c([N+](=O)[O-])c1. The molecule has 0 radical (unpaired) electrons. The molecule has 1 amide bonds. The zero-order valence-electron chi connectivity index (χ0n) is 11.1. The molecular weight excluding hydrogens is 262 g/mol. The third-order valence-corrected chi connectivity index (χ3v) is 3.23. The van der Waals surface area contributed by atoms with Crippen LogP contribution in [0.4, 0.5) is 11.4 Å². The number of carbonyl (C=O) groups excluding carboxylic acids is 2. The summed E-state index contributed by atoms with van der Waals surface area (Å²) in [6, 6.07) is 4.44. The molecule has 1 heterocycles.